The quantitative estimate of drug-likeness (QED) is 0.749. The van der Waals surface area contributed by atoms with Gasteiger partial charge in [0.15, 0.2) is 0 Å². The number of imidazole rings is 1. The smallest absolute Gasteiger partial charge is 0.251 e. The maximum absolute atomic E-state index is 12.9. The maximum Gasteiger partial charge on any atom is 0.251 e. The number of nitrogens with zero attached hydrogens (tertiary/aromatic N) is 2. The molecule has 140 valence electrons. The minimum atomic E-state index is -0.162. The van der Waals surface area contributed by atoms with Crippen LogP contribution in [0, 0.1) is 0 Å². The molecule has 1 aromatic heterocycles. The van der Waals surface area contributed by atoms with Crippen molar-refractivity contribution in [2.45, 2.75) is 39.3 Å². The van der Waals surface area contributed by atoms with Gasteiger partial charge in [-0.25, -0.2) is 4.98 Å². The summed E-state index contributed by atoms with van der Waals surface area (Å²) < 4.78 is 2.17. The number of hydrogen-bond donors (Lipinski definition) is 2. The molecule has 2 aromatic carbocycles. The number of carbonyl (C=O) groups excluding carboxylic acids is 1. The molecular formula is C22H26N4O. The molecule has 2 N–H and O–H groups in total. The molecule has 0 unspecified atom stereocenters. The summed E-state index contributed by atoms with van der Waals surface area (Å²) in [5.41, 5.74) is 5.42. The van der Waals surface area contributed by atoms with Crippen LogP contribution in [-0.4, -0.2) is 28.5 Å². The first kappa shape index (κ1) is 17.7. The van der Waals surface area contributed by atoms with Gasteiger partial charge in [-0.3, -0.25) is 4.79 Å². The Balaban J connectivity index is 1.57. The minimum absolute atomic E-state index is 0.0442. The van der Waals surface area contributed by atoms with E-state index in [9.17, 15) is 4.79 Å². The fourth-order valence-electron chi connectivity index (χ4n) is 3.92. The van der Waals surface area contributed by atoms with Crippen LogP contribution in [0.5, 0.6) is 0 Å². The van der Waals surface area contributed by atoms with Crippen molar-refractivity contribution in [3.8, 4) is 0 Å². The lowest BCUT2D eigenvalue weighted by molar-refractivity contribution is 0.0937. The highest BCUT2D eigenvalue weighted by Gasteiger charge is 2.19. The number of amides is 1. The highest BCUT2D eigenvalue weighted by molar-refractivity contribution is 5.94. The van der Waals surface area contributed by atoms with E-state index in [1.807, 2.05) is 37.3 Å². The number of nitrogens with one attached hydrogen (secondary N) is 2. The van der Waals surface area contributed by atoms with E-state index in [-0.39, 0.29) is 11.9 Å². The van der Waals surface area contributed by atoms with Gasteiger partial charge in [-0.1, -0.05) is 18.2 Å². The van der Waals surface area contributed by atoms with Crippen LogP contribution < -0.4 is 10.6 Å². The average Bonchev–Trinajstić information content (AvgIpc) is 2.90. The molecule has 0 saturated carbocycles. The third-order valence-electron chi connectivity index (χ3n) is 5.35. The van der Waals surface area contributed by atoms with Gasteiger partial charge in [0.1, 0.15) is 5.82 Å². The van der Waals surface area contributed by atoms with E-state index in [1.165, 1.54) is 11.1 Å². The Morgan fingerprint density at radius 3 is 2.78 bits per heavy atom. The number of carbonyl (C=O) groups is 1. The summed E-state index contributed by atoms with van der Waals surface area (Å²) >= 11 is 0. The maximum atomic E-state index is 12.9. The molecule has 0 spiro atoms. The second-order valence-electron chi connectivity index (χ2n) is 7.13. The number of para-hydroxylation sites is 2. The molecule has 5 heteroatoms. The number of benzene rings is 2. The van der Waals surface area contributed by atoms with Crippen molar-refractivity contribution in [2.75, 3.05) is 13.1 Å². The molecule has 27 heavy (non-hydrogen) atoms. The Labute approximate surface area is 159 Å². The number of fused-ring (bicyclic) bond motifs is 2. The largest absolute Gasteiger partial charge is 0.342 e. The van der Waals surface area contributed by atoms with Crippen LogP contribution >= 0.6 is 0 Å². The predicted octanol–water partition coefficient (Wildman–Crippen LogP) is 3.24. The molecular weight excluding hydrogens is 336 g/mol. The summed E-state index contributed by atoms with van der Waals surface area (Å²) in [6, 6.07) is 14.0. The van der Waals surface area contributed by atoms with Gasteiger partial charge in [0, 0.05) is 12.1 Å². The summed E-state index contributed by atoms with van der Waals surface area (Å²) in [4.78, 5) is 17.6. The lowest BCUT2D eigenvalue weighted by Gasteiger charge is -2.16. The zero-order valence-electron chi connectivity index (χ0n) is 16.0. The number of aromatic nitrogens is 2. The SMILES string of the molecule is CCn1c([C@H](C)NC(=O)c2ccc3c(c2)CCNCC3)nc2ccccc21. The Kier molecular flexibility index (Phi) is 4.94. The first-order chi connectivity index (χ1) is 13.2. The first-order valence-electron chi connectivity index (χ1n) is 9.76. The van der Waals surface area contributed by atoms with Gasteiger partial charge >= 0.3 is 0 Å². The van der Waals surface area contributed by atoms with Crippen molar-refractivity contribution in [1.82, 2.24) is 20.2 Å². The van der Waals surface area contributed by atoms with Crippen LogP contribution in [0.4, 0.5) is 0 Å². The standard InChI is InChI=1S/C22H26N4O/c1-3-26-20-7-5-4-6-19(20)25-21(26)15(2)24-22(27)18-9-8-16-10-12-23-13-11-17(16)14-18/h4-9,14-15,23H,3,10-13H2,1-2H3,(H,24,27)/t15-/m0/s1. The molecule has 4 rings (SSSR count). The lowest BCUT2D eigenvalue weighted by Crippen LogP contribution is -2.28. The Bertz CT molecular complexity index is 976. The van der Waals surface area contributed by atoms with E-state index in [1.54, 1.807) is 0 Å². The van der Waals surface area contributed by atoms with Gasteiger partial charge in [-0.15, -0.1) is 0 Å². The van der Waals surface area contributed by atoms with E-state index in [0.29, 0.717) is 0 Å². The van der Waals surface area contributed by atoms with E-state index in [4.69, 9.17) is 4.98 Å². The molecule has 0 radical (unpaired) electrons. The zero-order chi connectivity index (χ0) is 18.8. The van der Waals surface area contributed by atoms with Crippen molar-refractivity contribution in [2.24, 2.45) is 0 Å². The number of rotatable bonds is 4. The van der Waals surface area contributed by atoms with Gasteiger partial charge in [0.05, 0.1) is 17.1 Å². The lowest BCUT2D eigenvalue weighted by atomic mass is 9.99. The molecule has 1 aliphatic heterocycles. The summed E-state index contributed by atoms with van der Waals surface area (Å²) in [5.74, 6) is 0.850. The molecule has 2 heterocycles. The summed E-state index contributed by atoms with van der Waals surface area (Å²) in [5, 5.41) is 6.54. The van der Waals surface area contributed by atoms with Crippen LogP contribution in [0.25, 0.3) is 11.0 Å². The minimum Gasteiger partial charge on any atom is -0.342 e. The normalized spacial score (nSPS) is 15.2. The predicted molar refractivity (Wildman–Crippen MR) is 108 cm³/mol. The number of hydrogen-bond acceptors (Lipinski definition) is 3. The second-order valence-corrected chi connectivity index (χ2v) is 7.13. The van der Waals surface area contributed by atoms with E-state index >= 15 is 0 Å². The average molecular weight is 362 g/mol. The van der Waals surface area contributed by atoms with Crippen molar-refractivity contribution >= 4 is 16.9 Å². The molecule has 1 aliphatic rings. The fourth-order valence-corrected chi connectivity index (χ4v) is 3.92. The molecule has 1 atom stereocenters. The molecule has 5 nitrogen and oxygen atoms in total. The van der Waals surface area contributed by atoms with Crippen molar-refractivity contribution < 1.29 is 4.79 Å². The molecule has 0 saturated heterocycles. The topological polar surface area (TPSA) is 59.0 Å². The fraction of sp³-hybridized carbons (Fsp3) is 0.364. The molecule has 0 aliphatic carbocycles. The zero-order valence-corrected chi connectivity index (χ0v) is 16.0. The monoisotopic (exact) mass is 362 g/mol. The molecule has 0 bridgehead atoms. The van der Waals surface area contributed by atoms with Crippen LogP contribution in [0.1, 0.15) is 47.2 Å². The van der Waals surface area contributed by atoms with Crippen molar-refractivity contribution in [3.63, 3.8) is 0 Å². The third kappa shape index (κ3) is 3.47. The van der Waals surface area contributed by atoms with Crippen LogP contribution in [0.15, 0.2) is 42.5 Å². The van der Waals surface area contributed by atoms with E-state index < -0.39 is 0 Å². The van der Waals surface area contributed by atoms with Crippen LogP contribution in [-0.2, 0) is 19.4 Å². The molecule has 1 amide bonds. The van der Waals surface area contributed by atoms with E-state index in [2.05, 4.69) is 34.3 Å². The van der Waals surface area contributed by atoms with E-state index in [0.717, 1.165) is 54.9 Å². The van der Waals surface area contributed by atoms with Gasteiger partial charge in [0.2, 0.25) is 0 Å². The third-order valence-corrected chi connectivity index (χ3v) is 5.35. The Morgan fingerprint density at radius 1 is 1.19 bits per heavy atom. The van der Waals surface area contributed by atoms with Gasteiger partial charge in [-0.05, 0) is 75.2 Å². The van der Waals surface area contributed by atoms with Crippen molar-refractivity contribution in [1.29, 1.82) is 0 Å². The van der Waals surface area contributed by atoms with Crippen LogP contribution in [0.2, 0.25) is 0 Å². The highest BCUT2D eigenvalue weighted by atomic mass is 16.1. The van der Waals surface area contributed by atoms with Crippen LogP contribution in [0.3, 0.4) is 0 Å². The Hall–Kier alpha value is -2.66. The second kappa shape index (κ2) is 7.53. The Morgan fingerprint density at radius 2 is 1.96 bits per heavy atom. The molecule has 0 fully saturated rings. The summed E-state index contributed by atoms with van der Waals surface area (Å²) in [6.07, 6.45) is 1.99. The van der Waals surface area contributed by atoms with Gasteiger partial charge in [0.25, 0.3) is 5.91 Å². The highest BCUT2D eigenvalue weighted by Crippen LogP contribution is 2.21. The number of aryl methyl sites for hydroxylation is 1. The summed E-state index contributed by atoms with van der Waals surface area (Å²) in [6.45, 7) is 6.89. The van der Waals surface area contributed by atoms with Gasteiger partial charge in [-0.2, -0.15) is 0 Å². The van der Waals surface area contributed by atoms with Crippen molar-refractivity contribution in [3.05, 3.63) is 65.0 Å². The van der Waals surface area contributed by atoms with Gasteiger partial charge < -0.3 is 15.2 Å². The molecule has 3 aromatic rings. The first-order valence-corrected chi connectivity index (χ1v) is 9.76. The summed E-state index contributed by atoms with van der Waals surface area (Å²) in [7, 11) is 0.